The Morgan fingerprint density at radius 2 is 1.15 bits per heavy atom. The van der Waals surface area contributed by atoms with Crippen LogP contribution in [0, 0.1) is 0 Å². The Kier molecular flexibility index (Phi) is 16.5. The third-order valence-electron chi connectivity index (χ3n) is 3.80. The molecule has 3 heterocycles. The summed E-state index contributed by atoms with van der Waals surface area (Å²) in [4.78, 5) is 4.49. The summed E-state index contributed by atoms with van der Waals surface area (Å²) in [6, 6.07) is 5.82. The average molecular weight is 459 g/mol. The zero-order valence-corrected chi connectivity index (χ0v) is 18.0. The second-order valence-electron chi connectivity index (χ2n) is 5.59. The van der Waals surface area contributed by atoms with E-state index in [4.69, 9.17) is 0 Å². The van der Waals surface area contributed by atoms with Crippen LogP contribution in [0.25, 0.3) is 0 Å². The number of hydrogen-bond acceptors (Lipinski definition) is 7. The van der Waals surface area contributed by atoms with Crippen molar-refractivity contribution in [3.63, 3.8) is 0 Å². The maximum absolute atomic E-state index is 4.49. The van der Waals surface area contributed by atoms with Crippen molar-refractivity contribution in [3.8, 4) is 0 Å². The van der Waals surface area contributed by atoms with Crippen LogP contribution in [0.1, 0.15) is 37.1 Å². The summed E-state index contributed by atoms with van der Waals surface area (Å²) < 4.78 is 0. The molecule has 7 nitrogen and oxygen atoms in total. The van der Waals surface area contributed by atoms with E-state index in [1.807, 2.05) is 18.2 Å². The molecule has 0 atom stereocenters. The number of hydrogen-bond donors (Lipinski definition) is 2. The van der Waals surface area contributed by atoms with E-state index >= 15 is 0 Å². The summed E-state index contributed by atoms with van der Waals surface area (Å²) in [6.45, 7) is 4.22. The topological polar surface area (TPSA) is 68.2 Å². The van der Waals surface area contributed by atoms with Crippen LogP contribution in [-0.4, -0.2) is 53.6 Å². The van der Waals surface area contributed by atoms with Crippen molar-refractivity contribution in [2.24, 2.45) is 10.2 Å². The molecule has 11 heteroatoms. The van der Waals surface area contributed by atoms with Gasteiger partial charge in [-0.2, -0.15) is 10.2 Å². The monoisotopic (exact) mass is 457 g/mol. The smallest absolute Gasteiger partial charge is 0.0838 e. The number of hydrazone groups is 2. The van der Waals surface area contributed by atoms with Crippen molar-refractivity contribution in [3.05, 3.63) is 29.6 Å². The number of hydrazine groups is 2. The molecule has 0 aromatic carbocycles. The number of halogens is 3. The molecule has 147 valence electrons. The molecule has 0 amide bonds. The van der Waals surface area contributed by atoms with E-state index in [9.17, 15) is 0 Å². The Morgan fingerprint density at radius 3 is 1.54 bits per heavy atom. The van der Waals surface area contributed by atoms with E-state index in [0.717, 1.165) is 37.6 Å². The summed E-state index contributed by atoms with van der Waals surface area (Å²) in [5.41, 5.74) is 7.71. The Hall–Kier alpha value is -0.536. The summed E-state index contributed by atoms with van der Waals surface area (Å²) in [5.74, 6) is 0. The number of pyridine rings is 1. The predicted molar refractivity (Wildman–Crippen MR) is 87.3 cm³/mol. The fourth-order valence-electron chi connectivity index (χ4n) is 2.60. The Bertz CT molecular complexity index is 492. The fraction of sp³-hybridized carbons (Fsp3) is 0.533. The normalized spacial score (nSPS) is 17.2. The molecule has 0 bridgehead atoms. The summed E-state index contributed by atoms with van der Waals surface area (Å²) in [5, 5.41) is 12.7. The van der Waals surface area contributed by atoms with E-state index in [2.05, 4.69) is 36.3 Å². The molecule has 1 aromatic heterocycles. The third kappa shape index (κ3) is 9.41. The van der Waals surface area contributed by atoms with Gasteiger partial charge in [-0.1, -0.05) is 6.07 Å². The van der Waals surface area contributed by atoms with Crippen molar-refractivity contribution in [1.29, 1.82) is 0 Å². The summed E-state index contributed by atoms with van der Waals surface area (Å²) in [6.07, 6.45) is 8.41. The maximum atomic E-state index is 4.49. The number of rotatable bonds is 6. The largest absolute Gasteiger partial charge is 1.00 e. The molecule has 2 aliphatic rings. The van der Waals surface area contributed by atoms with Crippen molar-refractivity contribution in [1.82, 2.24) is 26.1 Å². The first-order chi connectivity index (χ1) is 10.9. The third-order valence-corrected chi connectivity index (χ3v) is 3.80. The fourth-order valence-corrected chi connectivity index (χ4v) is 2.60. The Labute approximate surface area is 185 Å². The molecule has 0 saturated carbocycles. The van der Waals surface area contributed by atoms with Gasteiger partial charge in [-0.15, -0.1) is 0 Å². The van der Waals surface area contributed by atoms with Crippen molar-refractivity contribution < 1.29 is 55.8 Å². The predicted octanol–water partition coefficient (Wildman–Crippen LogP) is -8.04. The zero-order chi connectivity index (χ0) is 15.0. The minimum atomic E-state index is 0. The minimum Gasteiger partial charge on any atom is -1.00 e. The molecule has 2 saturated heterocycles. The molecule has 0 unspecified atom stereocenters. The first kappa shape index (κ1) is 27.7. The van der Waals surface area contributed by atoms with Gasteiger partial charge in [0.2, 0.25) is 0 Å². The van der Waals surface area contributed by atoms with E-state index in [1.165, 1.54) is 25.7 Å². The van der Waals surface area contributed by atoms with E-state index in [1.54, 1.807) is 12.4 Å². The standard InChI is InChI=1S/C15H23N7.3ClH.V/c1-2-9-21(8-1)19-16-12-14-6-5-7-15(18-14)13-17-20-22-10-3-4-11-22;;;;/h5-7,12-13,19-20H,1-4,8-11H2;3*1H;/p-3. The first-order valence-electron chi connectivity index (χ1n) is 7.94. The Morgan fingerprint density at radius 1 is 0.769 bits per heavy atom. The van der Waals surface area contributed by atoms with Gasteiger partial charge >= 0.3 is 0 Å². The Balaban J connectivity index is 0. The molecular formula is C15H23Cl3N7V-3. The quantitative estimate of drug-likeness (QED) is 0.328. The van der Waals surface area contributed by atoms with Crippen molar-refractivity contribution in [2.45, 2.75) is 25.7 Å². The van der Waals surface area contributed by atoms with E-state index in [0.29, 0.717) is 0 Å². The number of nitrogens with zero attached hydrogens (tertiary/aromatic N) is 5. The van der Waals surface area contributed by atoms with E-state index in [-0.39, 0.29) is 55.8 Å². The molecular weight excluding hydrogens is 436 g/mol. The second-order valence-corrected chi connectivity index (χ2v) is 5.59. The molecule has 1 aromatic rings. The van der Waals surface area contributed by atoms with Gasteiger partial charge in [0.1, 0.15) is 0 Å². The molecule has 26 heavy (non-hydrogen) atoms. The van der Waals surface area contributed by atoms with Crippen LogP contribution in [0.5, 0.6) is 0 Å². The average Bonchev–Trinajstić information content (AvgIpc) is 3.21. The van der Waals surface area contributed by atoms with Gasteiger partial charge in [-0.3, -0.25) is 0 Å². The molecule has 2 fully saturated rings. The molecule has 2 aliphatic heterocycles. The van der Waals surface area contributed by atoms with Crippen LogP contribution in [0.3, 0.4) is 0 Å². The van der Waals surface area contributed by atoms with Gasteiger partial charge in [-0.05, 0) is 37.8 Å². The second kappa shape index (κ2) is 15.5. The number of aromatic nitrogens is 1. The number of nitrogens with one attached hydrogen (secondary N) is 2. The van der Waals surface area contributed by atoms with Gasteiger partial charge < -0.3 is 37.2 Å². The van der Waals surface area contributed by atoms with Gasteiger partial charge in [0.05, 0.1) is 23.8 Å². The van der Waals surface area contributed by atoms with Crippen LogP contribution in [0.2, 0.25) is 0 Å². The first-order valence-corrected chi connectivity index (χ1v) is 7.94. The van der Waals surface area contributed by atoms with Crippen LogP contribution in [0.15, 0.2) is 28.4 Å². The van der Waals surface area contributed by atoms with Gasteiger partial charge in [0.25, 0.3) is 0 Å². The van der Waals surface area contributed by atoms with Crippen molar-refractivity contribution >= 4 is 12.4 Å². The zero-order valence-electron chi connectivity index (χ0n) is 14.4. The maximum Gasteiger partial charge on any atom is 0.0838 e. The van der Waals surface area contributed by atoms with Crippen LogP contribution in [0.4, 0.5) is 0 Å². The van der Waals surface area contributed by atoms with Crippen molar-refractivity contribution in [2.75, 3.05) is 26.2 Å². The van der Waals surface area contributed by atoms with E-state index < -0.39 is 0 Å². The van der Waals surface area contributed by atoms with Crippen LogP contribution < -0.4 is 48.3 Å². The van der Waals surface area contributed by atoms with Crippen LogP contribution in [-0.2, 0) is 18.6 Å². The van der Waals surface area contributed by atoms with Gasteiger partial charge in [0.15, 0.2) is 0 Å². The molecule has 1 radical (unpaired) electrons. The molecule has 3 rings (SSSR count). The SMILES string of the molecule is C(=NNN1CCCC1)c1cccc(C=NNN2CCCC2)n1.[Cl-].[Cl-].[Cl-].[V]. The summed E-state index contributed by atoms with van der Waals surface area (Å²) >= 11 is 0. The molecule has 0 aliphatic carbocycles. The summed E-state index contributed by atoms with van der Waals surface area (Å²) in [7, 11) is 0. The van der Waals surface area contributed by atoms with Crippen LogP contribution >= 0.6 is 0 Å². The minimum absolute atomic E-state index is 0. The van der Waals surface area contributed by atoms with Gasteiger partial charge in [0, 0.05) is 44.7 Å². The molecule has 0 spiro atoms. The van der Waals surface area contributed by atoms with Gasteiger partial charge in [-0.25, -0.2) is 26.1 Å². The molecule has 2 N–H and O–H groups in total.